The lowest BCUT2D eigenvalue weighted by Crippen LogP contribution is -2.40. The average molecular weight is 470 g/mol. The van der Waals surface area contributed by atoms with E-state index in [4.69, 9.17) is 0 Å². The van der Waals surface area contributed by atoms with Gasteiger partial charge in [-0.3, -0.25) is 14.2 Å². The third-order valence-electron chi connectivity index (χ3n) is 5.61. The number of aromatic nitrogens is 1. The van der Waals surface area contributed by atoms with Crippen molar-refractivity contribution < 1.29 is 9.18 Å². The van der Waals surface area contributed by atoms with Gasteiger partial charge in [-0.15, -0.1) is 0 Å². The molecule has 0 fully saturated rings. The fraction of sp³-hybridized carbons (Fsp3) is 0.0741. The van der Waals surface area contributed by atoms with E-state index in [0.29, 0.717) is 31.9 Å². The van der Waals surface area contributed by atoms with Crippen LogP contribution in [0.1, 0.15) is 24.1 Å². The summed E-state index contributed by atoms with van der Waals surface area (Å²) in [5, 5.41) is 2.92. The highest BCUT2D eigenvalue weighted by atomic mass is 32.1. The molecule has 168 valence electrons. The molecular weight excluding hydrogens is 449 g/mol. The molecule has 0 aliphatic carbocycles. The maximum atomic E-state index is 14.2. The molecule has 0 radical (unpaired) electrons. The first-order valence-corrected chi connectivity index (χ1v) is 11.5. The standard InChI is InChI=1S/C27H20FN3O2S/c1-17-23(25(32)30-20-13-6-3-7-14-20)24(18-10-4-2-5-11-18)31-26(33)22(34-27(31)29-17)16-19-12-8-9-15-21(19)28/h2-16,24H,1H3,(H,30,32)/b22-16+. The van der Waals surface area contributed by atoms with Crippen molar-refractivity contribution in [1.29, 1.82) is 0 Å². The lowest BCUT2D eigenvalue weighted by atomic mass is 9.95. The van der Waals surface area contributed by atoms with Crippen LogP contribution in [0.5, 0.6) is 0 Å². The van der Waals surface area contributed by atoms with Crippen molar-refractivity contribution in [2.75, 3.05) is 5.32 Å². The maximum absolute atomic E-state index is 14.2. The summed E-state index contributed by atoms with van der Waals surface area (Å²) >= 11 is 1.18. The fourth-order valence-electron chi connectivity index (χ4n) is 4.02. The van der Waals surface area contributed by atoms with Crippen LogP contribution in [0.2, 0.25) is 0 Å². The van der Waals surface area contributed by atoms with E-state index >= 15 is 0 Å². The van der Waals surface area contributed by atoms with Crippen LogP contribution in [0.4, 0.5) is 10.1 Å². The minimum absolute atomic E-state index is 0.321. The number of hydrogen-bond donors (Lipinski definition) is 1. The van der Waals surface area contributed by atoms with E-state index in [1.165, 1.54) is 28.0 Å². The minimum atomic E-state index is -0.663. The lowest BCUT2D eigenvalue weighted by molar-refractivity contribution is -0.113. The second kappa shape index (κ2) is 9.03. The molecule has 5 rings (SSSR count). The van der Waals surface area contributed by atoms with Crippen LogP contribution in [0.3, 0.4) is 0 Å². The molecule has 4 aromatic rings. The van der Waals surface area contributed by atoms with Gasteiger partial charge in [0.2, 0.25) is 0 Å². The first-order valence-electron chi connectivity index (χ1n) is 10.7. The second-order valence-electron chi connectivity index (χ2n) is 7.83. The molecule has 34 heavy (non-hydrogen) atoms. The molecular formula is C27H20FN3O2S. The number of nitrogens with one attached hydrogen (secondary N) is 1. The molecule has 0 saturated heterocycles. The second-order valence-corrected chi connectivity index (χ2v) is 8.84. The van der Waals surface area contributed by atoms with E-state index in [1.54, 1.807) is 37.3 Å². The highest BCUT2D eigenvalue weighted by molar-refractivity contribution is 7.07. The number of rotatable bonds is 4. The van der Waals surface area contributed by atoms with E-state index < -0.39 is 11.9 Å². The number of carbonyl (C=O) groups excluding carboxylic acids is 1. The average Bonchev–Trinajstić information content (AvgIpc) is 3.15. The number of carbonyl (C=O) groups is 1. The molecule has 7 heteroatoms. The molecule has 1 aliphatic rings. The molecule has 1 atom stereocenters. The van der Waals surface area contributed by atoms with Crippen molar-refractivity contribution in [3.8, 4) is 0 Å². The largest absolute Gasteiger partial charge is 0.322 e. The molecule has 1 N–H and O–H groups in total. The summed E-state index contributed by atoms with van der Waals surface area (Å²) in [4.78, 5) is 32.0. The van der Waals surface area contributed by atoms with Gasteiger partial charge < -0.3 is 5.32 Å². The summed E-state index contributed by atoms with van der Waals surface area (Å²) in [5.74, 6) is -0.739. The van der Waals surface area contributed by atoms with Gasteiger partial charge in [0.25, 0.3) is 11.5 Å². The molecule has 0 saturated carbocycles. The zero-order chi connectivity index (χ0) is 23.7. The van der Waals surface area contributed by atoms with E-state index in [9.17, 15) is 14.0 Å². The predicted molar refractivity (Wildman–Crippen MR) is 132 cm³/mol. The van der Waals surface area contributed by atoms with Crippen LogP contribution in [0.15, 0.2) is 106 Å². The van der Waals surface area contributed by atoms with Gasteiger partial charge in [0, 0.05) is 11.3 Å². The number of para-hydroxylation sites is 1. The van der Waals surface area contributed by atoms with Gasteiger partial charge in [-0.2, -0.15) is 0 Å². The number of benzene rings is 3. The fourth-order valence-corrected chi connectivity index (χ4v) is 5.05. The van der Waals surface area contributed by atoms with Gasteiger partial charge in [-0.1, -0.05) is 78.1 Å². The number of amides is 1. The van der Waals surface area contributed by atoms with Crippen LogP contribution in [-0.4, -0.2) is 10.5 Å². The molecule has 1 unspecified atom stereocenters. The summed E-state index contributed by atoms with van der Waals surface area (Å²) in [6.45, 7) is 1.77. The number of halogens is 1. The van der Waals surface area contributed by atoms with Crippen molar-refractivity contribution in [3.05, 3.63) is 133 Å². The first-order chi connectivity index (χ1) is 16.5. The van der Waals surface area contributed by atoms with E-state index in [2.05, 4.69) is 10.3 Å². The van der Waals surface area contributed by atoms with Crippen molar-refractivity contribution in [2.24, 2.45) is 4.99 Å². The summed E-state index contributed by atoms with van der Waals surface area (Å²) in [7, 11) is 0. The van der Waals surface area contributed by atoms with Crippen molar-refractivity contribution >= 4 is 29.0 Å². The minimum Gasteiger partial charge on any atom is -0.322 e. The quantitative estimate of drug-likeness (QED) is 0.491. The maximum Gasteiger partial charge on any atom is 0.271 e. The third kappa shape index (κ3) is 4.02. The Hall–Kier alpha value is -4.10. The Labute approximate surface area is 198 Å². The first kappa shape index (κ1) is 21.7. The predicted octanol–water partition coefficient (Wildman–Crippen LogP) is 4.01. The van der Waals surface area contributed by atoms with Crippen LogP contribution in [0, 0.1) is 5.82 Å². The number of allylic oxidation sites excluding steroid dienone is 1. The van der Waals surface area contributed by atoms with E-state index in [1.807, 2.05) is 48.5 Å². The van der Waals surface area contributed by atoms with Gasteiger partial charge in [-0.05, 0) is 36.8 Å². The highest BCUT2D eigenvalue weighted by Gasteiger charge is 2.32. The van der Waals surface area contributed by atoms with E-state index in [0.717, 1.165) is 5.56 Å². The number of hydrogen-bond acceptors (Lipinski definition) is 4. The number of thiazole rings is 1. The van der Waals surface area contributed by atoms with E-state index in [-0.39, 0.29) is 11.5 Å². The summed E-state index contributed by atoms with van der Waals surface area (Å²) < 4.78 is 16.1. The van der Waals surface area contributed by atoms with Crippen molar-refractivity contribution in [1.82, 2.24) is 4.57 Å². The third-order valence-corrected chi connectivity index (χ3v) is 6.59. The van der Waals surface area contributed by atoms with Gasteiger partial charge >= 0.3 is 0 Å². The Morgan fingerprint density at radius 1 is 1.00 bits per heavy atom. The van der Waals surface area contributed by atoms with Gasteiger partial charge in [-0.25, -0.2) is 9.38 Å². The summed E-state index contributed by atoms with van der Waals surface area (Å²) in [6.07, 6.45) is 1.53. The van der Waals surface area contributed by atoms with Crippen LogP contribution >= 0.6 is 11.3 Å². The Morgan fingerprint density at radius 3 is 2.35 bits per heavy atom. The molecule has 3 aromatic carbocycles. The van der Waals surface area contributed by atoms with Crippen LogP contribution in [-0.2, 0) is 4.79 Å². The normalized spacial score (nSPS) is 15.6. The number of nitrogens with zero attached hydrogens (tertiary/aromatic N) is 2. The Balaban J connectivity index is 1.68. The molecule has 0 spiro atoms. The number of anilines is 1. The molecule has 0 bridgehead atoms. The molecule has 2 heterocycles. The zero-order valence-electron chi connectivity index (χ0n) is 18.2. The van der Waals surface area contributed by atoms with Gasteiger partial charge in [0.15, 0.2) is 4.80 Å². The SMILES string of the molecule is CC1=C(C(=O)Nc2ccccc2)C(c2ccccc2)n2c(s/c(=C/c3ccccc3F)c2=O)=N1. The molecule has 1 aliphatic heterocycles. The summed E-state index contributed by atoms with van der Waals surface area (Å²) in [6, 6.07) is 24.1. The van der Waals surface area contributed by atoms with Crippen molar-refractivity contribution in [2.45, 2.75) is 13.0 Å². The Kier molecular flexibility index (Phi) is 5.77. The van der Waals surface area contributed by atoms with Crippen molar-refractivity contribution in [3.63, 3.8) is 0 Å². The molecule has 1 amide bonds. The lowest BCUT2D eigenvalue weighted by Gasteiger charge is -2.25. The topological polar surface area (TPSA) is 63.5 Å². The van der Waals surface area contributed by atoms with Crippen LogP contribution < -0.4 is 20.2 Å². The monoisotopic (exact) mass is 469 g/mol. The number of fused-ring (bicyclic) bond motifs is 1. The van der Waals surface area contributed by atoms with Gasteiger partial charge in [0.1, 0.15) is 5.82 Å². The zero-order valence-corrected chi connectivity index (χ0v) is 19.1. The highest BCUT2D eigenvalue weighted by Crippen LogP contribution is 2.30. The summed E-state index contributed by atoms with van der Waals surface area (Å²) in [5.41, 5.74) is 2.35. The Bertz CT molecular complexity index is 1590. The molecule has 1 aromatic heterocycles. The van der Waals surface area contributed by atoms with Crippen LogP contribution in [0.25, 0.3) is 6.08 Å². The molecule has 5 nitrogen and oxygen atoms in total. The van der Waals surface area contributed by atoms with Gasteiger partial charge in [0.05, 0.1) is 21.8 Å². The smallest absolute Gasteiger partial charge is 0.271 e. The Morgan fingerprint density at radius 2 is 1.65 bits per heavy atom.